The first-order valence-electron chi connectivity index (χ1n) is 7.50. The topological polar surface area (TPSA) is 18.5 Å². The molecule has 3 heteroatoms. The van der Waals surface area contributed by atoms with E-state index in [1.165, 1.54) is 64.8 Å². The van der Waals surface area contributed by atoms with Crippen LogP contribution in [0.25, 0.3) is 0 Å². The molecule has 1 N–H and O–H groups in total. The molecule has 1 heterocycles. The SMILES string of the molecule is CNC1CCCC1CN1CCN(C2CC2)CC1. The highest BCUT2D eigenvalue weighted by Gasteiger charge is 2.33. The molecule has 3 rings (SSSR count). The quantitative estimate of drug-likeness (QED) is 0.791. The maximum Gasteiger partial charge on any atom is 0.0113 e. The Bertz CT molecular complexity index is 244. The molecule has 0 amide bonds. The van der Waals surface area contributed by atoms with Gasteiger partial charge in [-0.25, -0.2) is 0 Å². The van der Waals surface area contributed by atoms with Gasteiger partial charge in [0.05, 0.1) is 0 Å². The number of hydrogen-bond acceptors (Lipinski definition) is 3. The Kier molecular flexibility index (Phi) is 3.69. The normalized spacial score (nSPS) is 36.5. The molecule has 1 aliphatic heterocycles. The van der Waals surface area contributed by atoms with Crippen molar-refractivity contribution in [2.75, 3.05) is 39.8 Å². The van der Waals surface area contributed by atoms with Crippen LogP contribution in [0.2, 0.25) is 0 Å². The summed E-state index contributed by atoms with van der Waals surface area (Å²) in [6.07, 6.45) is 7.19. The molecule has 1 saturated heterocycles. The Morgan fingerprint density at radius 2 is 1.76 bits per heavy atom. The third-order valence-electron chi connectivity index (χ3n) is 4.99. The average Bonchev–Trinajstić information content (AvgIpc) is 3.11. The van der Waals surface area contributed by atoms with Crippen LogP contribution in [0.5, 0.6) is 0 Å². The van der Waals surface area contributed by atoms with Gasteiger partial charge in [-0.1, -0.05) is 6.42 Å². The van der Waals surface area contributed by atoms with Crippen molar-refractivity contribution < 1.29 is 0 Å². The van der Waals surface area contributed by atoms with E-state index in [0.29, 0.717) is 0 Å². The van der Waals surface area contributed by atoms with Crippen LogP contribution in [0.3, 0.4) is 0 Å². The van der Waals surface area contributed by atoms with Gasteiger partial charge >= 0.3 is 0 Å². The number of rotatable bonds is 4. The van der Waals surface area contributed by atoms with Gasteiger partial charge in [0.15, 0.2) is 0 Å². The van der Waals surface area contributed by atoms with Crippen molar-refractivity contribution in [3.05, 3.63) is 0 Å². The lowest BCUT2D eigenvalue weighted by atomic mass is 10.0. The molecule has 3 nitrogen and oxygen atoms in total. The van der Waals surface area contributed by atoms with Crippen molar-refractivity contribution in [2.45, 2.75) is 44.2 Å². The highest BCUT2D eigenvalue weighted by molar-refractivity contribution is 4.89. The molecule has 2 aliphatic carbocycles. The first-order chi connectivity index (χ1) is 8.36. The van der Waals surface area contributed by atoms with Gasteiger partial charge in [-0.3, -0.25) is 4.90 Å². The molecule has 0 spiro atoms. The standard InChI is InChI=1S/C14H27N3/c1-15-14-4-2-3-12(14)11-16-7-9-17(10-8-16)13-5-6-13/h12-15H,2-11H2,1H3. The average molecular weight is 237 g/mol. The van der Waals surface area contributed by atoms with Crippen LogP contribution in [0.1, 0.15) is 32.1 Å². The zero-order valence-corrected chi connectivity index (χ0v) is 11.2. The molecule has 3 fully saturated rings. The van der Waals surface area contributed by atoms with Crippen LogP contribution in [0.4, 0.5) is 0 Å². The van der Waals surface area contributed by atoms with E-state index < -0.39 is 0 Å². The fourth-order valence-electron chi connectivity index (χ4n) is 3.72. The molecule has 0 radical (unpaired) electrons. The summed E-state index contributed by atoms with van der Waals surface area (Å²) < 4.78 is 0. The number of hydrogen-bond donors (Lipinski definition) is 1. The molecule has 2 unspecified atom stereocenters. The molecular formula is C14H27N3. The number of piperazine rings is 1. The van der Waals surface area contributed by atoms with Crippen molar-refractivity contribution in [1.29, 1.82) is 0 Å². The molecule has 2 saturated carbocycles. The maximum absolute atomic E-state index is 3.50. The lowest BCUT2D eigenvalue weighted by Crippen LogP contribution is -2.49. The van der Waals surface area contributed by atoms with Crippen LogP contribution in [-0.4, -0.2) is 61.7 Å². The zero-order valence-electron chi connectivity index (χ0n) is 11.2. The predicted octanol–water partition coefficient (Wildman–Crippen LogP) is 1.15. The Balaban J connectivity index is 1.43. The van der Waals surface area contributed by atoms with E-state index in [2.05, 4.69) is 22.2 Å². The molecule has 17 heavy (non-hydrogen) atoms. The fraction of sp³-hybridized carbons (Fsp3) is 1.00. The predicted molar refractivity (Wildman–Crippen MR) is 71.2 cm³/mol. The van der Waals surface area contributed by atoms with Gasteiger partial charge in [0.25, 0.3) is 0 Å². The molecule has 2 atom stereocenters. The van der Waals surface area contributed by atoms with Crippen LogP contribution in [0.15, 0.2) is 0 Å². The number of nitrogens with zero attached hydrogens (tertiary/aromatic N) is 2. The van der Waals surface area contributed by atoms with Gasteiger partial charge in [-0.2, -0.15) is 0 Å². The van der Waals surface area contributed by atoms with Gasteiger partial charge in [0.1, 0.15) is 0 Å². The van der Waals surface area contributed by atoms with Gasteiger partial charge in [0.2, 0.25) is 0 Å². The van der Waals surface area contributed by atoms with E-state index >= 15 is 0 Å². The minimum absolute atomic E-state index is 0.788. The van der Waals surface area contributed by atoms with E-state index in [4.69, 9.17) is 0 Å². The minimum atomic E-state index is 0.788. The van der Waals surface area contributed by atoms with Crippen LogP contribution in [0, 0.1) is 5.92 Å². The van der Waals surface area contributed by atoms with Crippen molar-refractivity contribution in [2.24, 2.45) is 5.92 Å². The van der Waals surface area contributed by atoms with Crippen molar-refractivity contribution in [3.63, 3.8) is 0 Å². The fourth-order valence-corrected chi connectivity index (χ4v) is 3.72. The van der Waals surface area contributed by atoms with Crippen molar-refractivity contribution in [3.8, 4) is 0 Å². The third-order valence-corrected chi connectivity index (χ3v) is 4.99. The third kappa shape index (κ3) is 2.83. The van der Waals surface area contributed by atoms with E-state index in [9.17, 15) is 0 Å². The lowest BCUT2D eigenvalue weighted by molar-refractivity contribution is 0.109. The summed E-state index contributed by atoms with van der Waals surface area (Å²) in [6.45, 7) is 6.60. The Morgan fingerprint density at radius 3 is 2.41 bits per heavy atom. The van der Waals surface area contributed by atoms with E-state index in [1.54, 1.807) is 0 Å². The summed E-state index contributed by atoms with van der Waals surface area (Å²) in [5.41, 5.74) is 0. The lowest BCUT2D eigenvalue weighted by Gasteiger charge is -2.37. The van der Waals surface area contributed by atoms with Gasteiger partial charge in [-0.05, 0) is 38.6 Å². The van der Waals surface area contributed by atoms with Crippen LogP contribution in [-0.2, 0) is 0 Å². The smallest absolute Gasteiger partial charge is 0.0113 e. The number of nitrogens with one attached hydrogen (secondary N) is 1. The highest BCUT2D eigenvalue weighted by atomic mass is 15.3. The van der Waals surface area contributed by atoms with Crippen molar-refractivity contribution in [1.82, 2.24) is 15.1 Å². The minimum Gasteiger partial charge on any atom is -0.317 e. The summed E-state index contributed by atoms with van der Waals surface area (Å²) in [7, 11) is 2.13. The first-order valence-corrected chi connectivity index (χ1v) is 7.50. The Labute approximate surface area is 106 Å². The van der Waals surface area contributed by atoms with Gasteiger partial charge in [-0.15, -0.1) is 0 Å². The Hall–Kier alpha value is -0.120. The van der Waals surface area contributed by atoms with Gasteiger partial charge < -0.3 is 10.2 Å². The summed E-state index contributed by atoms with van der Waals surface area (Å²) in [5.74, 6) is 0.910. The molecule has 98 valence electrons. The molecule has 0 aromatic carbocycles. The first kappa shape index (κ1) is 11.9. The second-order valence-electron chi connectivity index (χ2n) is 6.15. The van der Waals surface area contributed by atoms with E-state index in [-0.39, 0.29) is 0 Å². The summed E-state index contributed by atoms with van der Waals surface area (Å²) >= 11 is 0. The summed E-state index contributed by atoms with van der Waals surface area (Å²) in [6, 6.07) is 1.75. The van der Waals surface area contributed by atoms with Crippen molar-refractivity contribution >= 4 is 0 Å². The summed E-state index contributed by atoms with van der Waals surface area (Å²) in [4.78, 5) is 5.42. The molecule has 0 bridgehead atoms. The second-order valence-corrected chi connectivity index (χ2v) is 6.15. The van der Waals surface area contributed by atoms with E-state index in [0.717, 1.165) is 18.0 Å². The monoisotopic (exact) mass is 237 g/mol. The molecule has 3 aliphatic rings. The highest BCUT2D eigenvalue weighted by Crippen LogP contribution is 2.29. The van der Waals surface area contributed by atoms with Gasteiger partial charge in [0, 0.05) is 44.8 Å². The summed E-state index contributed by atoms with van der Waals surface area (Å²) in [5, 5.41) is 3.50. The Morgan fingerprint density at radius 1 is 1.00 bits per heavy atom. The van der Waals surface area contributed by atoms with Crippen LogP contribution >= 0.6 is 0 Å². The van der Waals surface area contributed by atoms with E-state index in [1.807, 2.05) is 0 Å². The maximum atomic E-state index is 3.50. The molecular weight excluding hydrogens is 210 g/mol. The molecule has 0 aromatic rings. The second kappa shape index (κ2) is 5.25. The largest absolute Gasteiger partial charge is 0.317 e. The zero-order chi connectivity index (χ0) is 11.7. The molecule has 0 aromatic heterocycles. The van der Waals surface area contributed by atoms with Crippen LogP contribution < -0.4 is 5.32 Å².